The van der Waals surface area contributed by atoms with Gasteiger partial charge in [-0.25, -0.2) is 8.78 Å². The number of rotatable bonds is 4. The molecule has 0 N–H and O–H groups in total. The lowest BCUT2D eigenvalue weighted by atomic mass is 10.0. The number of carbonyl (C=O) groups excluding carboxylic acids is 2. The first kappa shape index (κ1) is 13.1. The van der Waals surface area contributed by atoms with E-state index in [2.05, 4.69) is 0 Å². The zero-order valence-electron chi connectivity index (χ0n) is 10.1. The zero-order chi connectivity index (χ0) is 14.0. The highest BCUT2D eigenvalue weighted by Gasteiger charge is 2.20. The van der Waals surface area contributed by atoms with Crippen molar-refractivity contribution < 1.29 is 22.8 Å². The van der Waals surface area contributed by atoms with E-state index in [9.17, 15) is 18.4 Å². The van der Waals surface area contributed by atoms with Crippen molar-refractivity contribution in [1.29, 1.82) is 0 Å². The second kappa shape index (κ2) is 5.14. The minimum atomic E-state index is -1.23. The number of ketones is 2. The average molecular weight is 264 g/mol. The third kappa shape index (κ3) is 2.59. The molecule has 98 valence electrons. The lowest BCUT2D eigenvalue weighted by Gasteiger charge is -2.02. The normalized spacial score (nSPS) is 10.5. The Morgan fingerprint density at radius 1 is 1.11 bits per heavy atom. The van der Waals surface area contributed by atoms with E-state index < -0.39 is 35.2 Å². The van der Waals surface area contributed by atoms with Gasteiger partial charge in [-0.05, 0) is 25.1 Å². The smallest absolute Gasteiger partial charge is 0.174 e. The van der Waals surface area contributed by atoms with E-state index in [1.165, 1.54) is 18.4 Å². The fraction of sp³-hybridized carbons (Fsp3) is 0.143. The van der Waals surface area contributed by atoms with Crippen LogP contribution >= 0.6 is 0 Å². The summed E-state index contributed by atoms with van der Waals surface area (Å²) >= 11 is 0. The molecule has 2 rings (SSSR count). The highest BCUT2D eigenvalue weighted by molar-refractivity contribution is 6.13. The lowest BCUT2D eigenvalue weighted by Crippen LogP contribution is -2.11. The zero-order valence-corrected chi connectivity index (χ0v) is 10.1. The molecule has 1 aromatic heterocycles. The number of hydrogen-bond donors (Lipinski definition) is 0. The van der Waals surface area contributed by atoms with Gasteiger partial charge in [0.15, 0.2) is 23.2 Å². The molecule has 0 aliphatic rings. The van der Waals surface area contributed by atoms with Crippen LogP contribution in [0.5, 0.6) is 0 Å². The predicted molar refractivity (Wildman–Crippen MR) is 63.1 cm³/mol. The molecule has 0 amide bonds. The number of benzene rings is 1. The monoisotopic (exact) mass is 264 g/mol. The number of Topliss-reactive ketones (excluding diaryl/α,β-unsaturated/α-hetero) is 2. The van der Waals surface area contributed by atoms with Crippen LogP contribution in [0, 0.1) is 18.6 Å². The van der Waals surface area contributed by atoms with Crippen LogP contribution in [0.4, 0.5) is 8.78 Å². The Morgan fingerprint density at radius 2 is 1.79 bits per heavy atom. The summed E-state index contributed by atoms with van der Waals surface area (Å²) in [5.74, 6) is -3.21. The largest absolute Gasteiger partial charge is 0.469 e. The second-order valence-corrected chi connectivity index (χ2v) is 4.01. The van der Waals surface area contributed by atoms with E-state index in [1.807, 2.05) is 0 Å². The minimum Gasteiger partial charge on any atom is -0.469 e. The predicted octanol–water partition coefficient (Wildman–Crippen LogP) is 3.32. The lowest BCUT2D eigenvalue weighted by molar-refractivity contribution is 0.0891. The van der Waals surface area contributed by atoms with Crippen molar-refractivity contribution >= 4 is 11.6 Å². The first-order chi connectivity index (χ1) is 9.00. The summed E-state index contributed by atoms with van der Waals surface area (Å²) in [4.78, 5) is 23.6. The van der Waals surface area contributed by atoms with Crippen molar-refractivity contribution in [2.75, 3.05) is 0 Å². The number of aryl methyl sites for hydroxylation is 1. The molecule has 0 bridgehead atoms. The van der Waals surface area contributed by atoms with Crippen LogP contribution in [-0.2, 0) is 0 Å². The summed E-state index contributed by atoms with van der Waals surface area (Å²) in [6, 6.07) is 4.72. The number of furan rings is 1. The Hall–Kier alpha value is -2.30. The topological polar surface area (TPSA) is 47.3 Å². The van der Waals surface area contributed by atoms with Gasteiger partial charge in [0.1, 0.15) is 5.76 Å². The van der Waals surface area contributed by atoms with Gasteiger partial charge >= 0.3 is 0 Å². The Balaban J connectivity index is 2.20. The molecule has 0 saturated carbocycles. The van der Waals surface area contributed by atoms with E-state index in [-0.39, 0.29) is 5.56 Å². The SMILES string of the molecule is Cc1occc1C(=O)CC(=O)c1cccc(F)c1F. The van der Waals surface area contributed by atoms with Crippen molar-refractivity contribution in [1.82, 2.24) is 0 Å². The molecule has 1 heterocycles. The maximum atomic E-state index is 13.4. The van der Waals surface area contributed by atoms with Crippen molar-refractivity contribution in [3.63, 3.8) is 0 Å². The molecular weight excluding hydrogens is 254 g/mol. The average Bonchev–Trinajstić information content (AvgIpc) is 2.79. The standard InChI is InChI=1S/C14H10F2O3/c1-8-9(5-6-19-8)12(17)7-13(18)10-3-2-4-11(15)14(10)16/h2-6H,7H2,1H3. The van der Waals surface area contributed by atoms with Gasteiger partial charge in [-0.3, -0.25) is 9.59 Å². The minimum absolute atomic E-state index is 0.269. The molecule has 0 aliphatic carbocycles. The molecule has 0 unspecified atom stereocenters. The van der Waals surface area contributed by atoms with Crippen LogP contribution in [0.3, 0.4) is 0 Å². The van der Waals surface area contributed by atoms with Crippen LogP contribution in [0.1, 0.15) is 32.9 Å². The van der Waals surface area contributed by atoms with E-state index >= 15 is 0 Å². The molecular formula is C14H10F2O3. The second-order valence-electron chi connectivity index (χ2n) is 4.01. The van der Waals surface area contributed by atoms with Gasteiger partial charge in [0, 0.05) is 0 Å². The molecule has 19 heavy (non-hydrogen) atoms. The third-order valence-electron chi connectivity index (χ3n) is 2.73. The van der Waals surface area contributed by atoms with E-state index in [0.29, 0.717) is 5.76 Å². The Labute approximate surface area is 107 Å². The molecule has 0 fully saturated rings. The quantitative estimate of drug-likeness (QED) is 0.628. The van der Waals surface area contributed by atoms with E-state index in [1.54, 1.807) is 6.92 Å². The van der Waals surface area contributed by atoms with E-state index in [4.69, 9.17) is 4.42 Å². The molecule has 5 heteroatoms. The maximum absolute atomic E-state index is 13.4. The molecule has 0 saturated heterocycles. The third-order valence-corrected chi connectivity index (χ3v) is 2.73. The fourth-order valence-corrected chi connectivity index (χ4v) is 1.73. The molecule has 0 atom stereocenters. The summed E-state index contributed by atoms with van der Waals surface area (Å²) in [5.41, 5.74) is -0.153. The molecule has 0 spiro atoms. The van der Waals surface area contributed by atoms with Crippen molar-refractivity contribution in [3.8, 4) is 0 Å². The number of carbonyl (C=O) groups is 2. The van der Waals surface area contributed by atoms with Crippen LogP contribution in [-0.4, -0.2) is 11.6 Å². The molecule has 2 aromatic rings. The summed E-state index contributed by atoms with van der Waals surface area (Å²) < 4.78 is 31.3. The molecule has 0 radical (unpaired) electrons. The fourth-order valence-electron chi connectivity index (χ4n) is 1.73. The highest BCUT2D eigenvalue weighted by Crippen LogP contribution is 2.16. The molecule has 0 aliphatic heterocycles. The first-order valence-electron chi connectivity index (χ1n) is 5.55. The first-order valence-corrected chi connectivity index (χ1v) is 5.55. The molecule has 1 aromatic carbocycles. The summed E-state index contributed by atoms with van der Waals surface area (Å²) in [7, 11) is 0. The summed E-state index contributed by atoms with van der Waals surface area (Å²) in [6.07, 6.45) is 0.802. The van der Waals surface area contributed by atoms with Gasteiger partial charge in [0.2, 0.25) is 0 Å². The van der Waals surface area contributed by atoms with Crippen molar-refractivity contribution in [2.45, 2.75) is 13.3 Å². The van der Waals surface area contributed by atoms with Crippen LogP contribution < -0.4 is 0 Å². The van der Waals surface area contributed by atoms with Crippen molar-refractivity contribution in [3.05, 3.63) is 59.1 Å². The van der Waals surface area contributed by atoms with Gasteiger partial charge in [-0.2, -0.15) is 0 Å². The molecule has 3 nitrogen and oxygen atoms in total. The number of hydrogen-bond acceptors (Lipinski definition) is 3. The van der Waals surface area contributed by atoms with Gasteiger partial charge in [-0.15, -0.1) is 0 Å². The Kier molecular flexibility index (Phi) is 3.55. The van der Waals surface area contributed by atoms with Gasteiger partial charge < -0.3 is 4.42 Å². The highest BCUT2D eigenvalue weighted by atomic mass is 19.2. The van der Waals surface area contributed by atoms with Gasteiger partial charge in [0.25, 0.3) is 0 Å². The maximum Gasteiger partial charge on any atom is 0.174 e. The van der Waals surface area contributed by atoms with Crippen molar-refractivity contribution in [2.24, 2.45) is 0 Å². The summed E-state index contributed by atoms with van der Waals surface area (Å²) in [6.45, 7) is 1.58. The van der Waals surface area contributed by atoms with Crippen LogP contribution in [0.2, 0.25) is 0 Å². The van der Waals surface area contributed by atoms with Gasteiger partial charge in [0.05, 0.1) is 23.8 Å². The van der Waals surface area contributed by atoms with Gasteiger partial charge in [-0.1, -0.05) is 6.07 Å². The van der Waals surface area contributed by atoms with Crippen LogP contribution in [0.25, 0.3) is 0 Å². The number of halogens is 2. The van der Waals surface area contributed by atoms with Crippen LogP contribution in [0.15, 0.2) is 34.9 Å². The summed E-state index contributed by atoms with van der Waals surface area (Å²) in [5, 5.41) is 0. The van der Waals surface area contributed by atoms with E-state index in [0.717, 1.165) is 12.1 Å². The Bertz CT molecular complexity index is 644. The Morgan fingerprint density at radius 3 is 2.42 bits per heavy atom.